The summed E-state index contributed by atoms with van der Waals surface area (Å²) in [6, 6.07) is 2.50. The number of nitrogens with one attached hydrogen (secondary N) is 2. The molecule has 3 aromatic heterocycles. The van der Waals surface area contributed by atoms with Gasteiger partial charge in [-0.25, -0.2) is 4.98 Å². The zero-order chi connectivity index (χ0) is 21.5. The molecule has 1 aliphatic rings. The molecular weight excluding hydrogens is 439 g/mol. The molecule has 0 spiro atoms. The maximum Gasteiger partial charge on any atom is 0.433 e. The van der Waals surface area contributed by atoms with Gasteiger partial charge < -0.3 is 10.6 Å². The molecule has 0 saturated heterocycles. The van der Waals surface area contributed by atoms with E-state index < -0.39 is 11.9 Å². The van der Waals surface area contributed by atoms with Crippen molar-refractivity contribution in [1.82, 2.24) is 20.1 Å². The maximum absolute atomic E-state index is 13.3. The van der Waals surface area contributed by atoms with Crippen molar-refractivity contribution < 1.29 is 18.0 Å². The molecule has 0 aromatic carbocycles. The third-order valence-electron chi connectivity index (χ3n) is 5.10. The van der Waals surface area contributed by atoms with E-state index in [4.69, 9.17) is 11.6 Å². The van der Waals surface area contributed by atoms with Crippen molar-refractivity contribution in [2.45, 2.75) is 43.9 Å². The molecule has 3 aromatic rings. The Hall–Kier alpha value is -2.33. The molecule has 1 saturated carbocycles. The first-order chi connectivity index (χ1) is 14.2. The molecule has 6 nitrogen and oxygen atoms in total. The minimum Gasteiger partial charge on any atom is -0.382 e. The second-order valence-electron chi connectivity index (χ2n) is 7.40. The van der Waals surface area contributed by atoms with Gasteiger partial charge in [-0.15, -0.1) is 11.3 Å². The molecule has 0 bridgehead atoms. The first-order valence-corrected chi connectivity index (χ1v) is 10.6. The first-order valence-electron chi connectivity index (χ1n) is 9.42. The summed E-state index contributed by atoms with van der Waals surface area (Å²) in [5, 5.41) is 10.8. The number of carbonyl (C=O) groups is 1. The molecule has 160 valence electrons. The summed E-state index contributed by atoms with van der Waals surface area (Å²) >= 11 is 7.04. The van der Waals surface area contributed by atoms with Gasteiger partial charge in [0, 0.05) is 36.4 Å². The first kappa shape index (κ1) is 20.9. The third-order valence-corrected chi connectivity index (χ3v) is 6.26. The monoisotopic (exact) mass is 457 g/mol. The smallest absolute Gasteiger partial charge is 0.382 e. The lowest BCUT2D eigenvalue weighted by molar-refractivity contribution is -0.140. The van der Waals surface area contributed by atoms with Crippen molar-refractivity contribution >= 4 is 44.7 Å². The summed E-state index contributed by atoms with van der Waals surface area (Å²) in [6.45, 7) is 0. The fourth-order valence-corrected chi connectivity index (χ4v) is 4.84. The van der Waals surface area contributed by atoms with Crippen molar-refractivity contribution in [2.24, 2.45) is 7.05 Å². The lowest BCUT2D eigenvalue weighted by atomic mass is 9.90. The van der Waals surface area contributed by atoms with Crippen LogP contribution >= 0.6 is 22.9 Å². The second-order valence-corrected chi connectivity index (χ2v) is 9.07. The maximum atomic E-state index is 13.3. The molecule has 0 radical (unpaired) electrons. The van der Waals surface area contributed by atoms with Crippen molar-refractivity contribution in [3.63, 3.8) is 0 Å². The number of nitrogens with zero attached hydrogens (tertiary/aromatic N) is 3. The number of anilines is 1. The number of carbonyl (C=O) groups excluding carboxylic acids is 1. The summed E-state index contributed by atoms with van der Waals surface area (Å²) in [6.07, 6.45) is 1.65. The Kier molecular flexibility index (Phi) is 5.63. The van der Waals surface area contributed by atoms with Crippen LogP contribution in [0.2, 0.25) is 4.34 Å². The molecule has 30 heavy (non-hydrogen) atoms. The normalized spacial score (nSPS) is 19.8. The van der Waals surface area contributed by atoms with Gasteiger partial charge in [0.2, 0.25) is 0 Å². The lowest BCUT2D eigenvalue weighted by Crippen LogP contribution is -2.41. The molecule has 1 fully saturated rings. The van der Waals surface area contributed by atoms with E-state index in [-0.39, 0.29) is 22.8 Å². The number of hydrogen-bond donors (Lipinski definition) is 2. The average molecular weight is 458 g/mol. The number of rotatable bonds is 4. The van der Waals surface area contributed by atoms with Gasteiger partial charge in [-0.05, 0) is 37.8 Å². The number of alkyl halides is 3. The fourth-order valence-electron chi connectivity index (χ4n) is 3.73. The van der Waals surface area contributed by atoms with E-state index in [1.54, 1.807) is 24.0 Å². The van der Waals surface area contributed by atoms with Gasteiger partial charge in [0.05, 0.1) is 16.1 Å². The number of hydrogen-bond acceptors (Lipinski definition) is 5. The minimum absolute atomic E-state index is 0.0746. The second kappa shape index (κ2) is 8.07. The molecule has 0 unspecified atom stereocenters. The molecule has 0 aliphatic heterocycles. The summed E-state index contributed by atoms with van der Waals surface area (Å²) in [5.74, 6) is -0.205. The molecule has 3 heterocycles. The van der Waals surface area contributed by atoms with Crippen molar-refractivity contribution in [1.29, 1.82) is 0 Å². The fraction of sp³-hybridized carbons (Fsp3) is 0.421. The van der Waals surface area contributed by atoms with Gasteiger partial charge in [-0.1, -0.05) is 11.6 Å². The van der Waals surface area contributed by atoms with Crippen LogP contribution in [0.5, 0.6) is 0 Å². The predicted octanol–water partition coefficient (Wildman–Crippen LogP) is 4.86. The highest BCUT2D eigenvalue weighted by Gasteiger charge is 2.34. The minimum atomic E-state index is -4.55. The van der Waals surface area contributed by atoms with E-state index in [2.05, 4.69) is 20.7 Å². The lowest BCUT2D eigenvalue weighted by Gasteiger charge is -2.31. The van der Waals surface area contributed by atoms with Crippen molar-refractivity contribution in [2.75, 3.05) is 5.32 Å². The van der Waals surface area contributed by atoms with Crippen molar-refractivity contribution in [3.8, 4) is 0 Å². The van der Waals surface area contributed by atoms with Gasteiger partial charge in [-0.3, -0.25) is 9.48 Å². The summed E-state index contributed by atoms with van der Waals surface area (Å²) in [7, 11) is 1.73. The average Bonchev–Trinajstić information content (AvgIpc) is 3.26. The number of pyridine rings is 1. The summed E-state index contributed by atoms with van der Waals surface area (Å²) < 4.78 is 41.8. The highest BCUT2D eigenvalue weighted by atomic mass is 35.5. The molecule has 2 atom stereocenters. The molecule has 11 heteroatoms. The van der Waals surface area contributed by atoms with Crippen LogP contribution in [0.3, 0.4) is 0 Å². The van der Waals surface area contributed by atoms with Crippen LogP contribution in [0.1, 0.15) is 41.7 Å². The highest BCUT2D eigenvalue weighted by molar-refractivity contribution is 7.22. The molecule has 1 amide bonds. The van der Waals surface area contributed by atoms with Crippen LogP contribution in [-0.2, 0) is 13.2 Å². The van der Waals surface area contributed by atoms with Gasteiger partial charge in [0.25, 0.3) is 5.91 Å². The topological polar surface area (TPSA) is 71.8 Å². The summed E-state index contributed by atoms with van der Waals surface area (Å²) in [4.78, 5) is 16.4. The molecule has 4 rings (SSSR count). The van der Waals surface area contributed by atoms with Crippen LogP contribution in [-0.4, -0.2) is 32.8 Å². The largest absolute Gasteiger partial charge is 0.433 e. The van der Waals surface area contributed by atoms with E-state index in [0.717, 1.165) is 36.7 Å². The van der Waals surface area contributed by atoms with E-state index >= 15 is 0 Å². The number of thiophene rings is 1. The van der Waals surface area contributed by atoms with Crippen LogP contribution in [0.15, 0.2) is 24.5 Å². The zero-order valence-electron chi connectivity index (χ0n) is 16.0. The van der Waals surface area contributed by atoms with Gasteiger partial charge in [0.15, 0.2) is 0 Å². The Bertz CT molecular complexity index is 1080. The van der Waals surface area contributed by atoms with E-state index in [1.165, 1.54) is 6.20 Å². The molecule has 2 N–H and O–H groups in total. The Morgan fingerprint density at radius 2 is 2.07 bits per heavy atom. The van der Waals surface area contributed by atoms with Gasteiger partial charge in [-0.2, -0.15) is 18.3 Å². The predicted molar refractivity (Wildman–Crippen MR) is 110 cm³/mol. The number of amides is 1. The standard InChI is InChI=1S/C19H19ClF3N5OS/c1-28-9-10(8-24-28)17(29)26-12-4-2-3-11(5-12)25-14-7-15(19(21,22)23)27-18-13(14)6-16(20)30-18/h6-9,11-12H,2-5H2,1H3,(H,25,27)(H,26,29)/t11-,12+/m0/s1. The number of aromatic nitrogens is 3. The quantitative estimate of drug-likeness (QED) is 0.587. The van der Waals surface area contributed by atoms with Gasteiger partial charge in [0.1, 0.15) is 10.5 Å². The number of halogens is 4. The molecule has 1 aliphatic carbocycles. The van der Waals surface area contributed by atoms with E-state index in [1.807, 2.05) is 0 Å². The highest BCUT2D eigenvalue weighted by Crippen LogP contribution is 2.38. The van der Waals surface area contributed by atoms with Gasteiger partial charge >= 0.3 is 6.18 Å². The number of aryl methyl sites for hydroxylation is 1. The third kappa shape index (κ3) is 4.54. The SMILES string of the molecule is Cn1cc(C(=O)N[C@@H]2CCC[C@H](Nc3cc(C(F)(F)F)nc4sc(Cl)cc34)C2)cn1. The van der Waals surface area contributed by atoms with Crippen LogP contribution in [0, 0.1) is 0 Å². The Balaban J connectivity index is 1.51. The van der Waals surface area contributed by atoms with Crippen LogP contribution in [0.25, 0.3) is 10.2 Å². The van der Waals surface area contributed by atoms with E-state index in [0.29, 0.717) is 27.4 Å². The Labute approximate surface area is 179 Å². The number of fused-ring (bicyclic) bond motifs is 1. The summed E-state index contributed by atoms with van der Waals surface area (Å²) in [5.41, 5.74) is -0.112. The molecular formula is C19H19ClF3N5OS. The van der Waals surface area contributed by atoms with Crippen molar-refractivity contribution in [3.05, 3.63) is 40.1 Å². The van der Waals surface area contributed by atoms with Crippen LogP contribution in [0.4, 0.5) is 18.9 Å². The zero-order valence-corrected chi connectivity index (χ0v) is 17.5. The van der Waals surface area contributed by atoms with Crippen LogP contribution < -0.4 is 10.6 Å². The van der Waals surface area contributed by atoms with E-state index in [9.17, 15) is 18.0 Å². The Morgan fingerprint density at radius 1 is 1.30 bits per heavy atom. The Morgan fingerprint density at radius 3 is 2.77 bits per heavy atom.